The van der Waals surface area contributed by atoms with E-state index in [9.17, 15) is 9.59 Å². The summed E-state index contributed by atoms with van der Waals surface area (Å²) in [5.74, 6) is -0.450. The first-order valence-corrected chi connectivity index (χ1v) is 7.99. The molecule has 2 amide bonds. The van der Waals surface area contributed by atoms with Crippen LogP contribution in [0.4, 0.5) is 0 Å². The molecule has 0 saturated carbocycles. The number of aromatic nitrogens is 2. The van der Waals surface area contributed by atoms with Crippen molar-refractivity contribution in [3.05, 3.63) is 34.2 Å². The molecule has 1 aliphatic rings. The van der Waals surface area contributed by atoms with Crippen molar-refractivity contribution in [2.75, 3.05) is 13.1 Å². The van der Waals surface area contributed by atoms with Crippen LogP contribution in [-0.2, 0) is 4.79 Å². The van der Waals surface area contributed by atoms with Crippen molar-refractivity contribution in [3.8, 4) is 0 Å². The van der Waals surface area contributed by atoms with E-state index in [0.29, 0.717) is 37.3 Å². The van der Waals surface area contributed by atoms with Crippen molar-refractivity contribution < 1.29 is 9.59 Å². The molecule has 22 heavy (non-hydrogen) atoms. The first-order valence-electron chi connectivity index (χ1n) is 7.20. The molecule has 0 aliphatic carbocycles. The molecule has 0 atom stereocenters. The first-order chi connectivity index (χ1) is 10.5. The number of nitrogens with two attached hydrogens (primary N) is 1. The molecule has 2 aromatic rings. The van der Waals surface area contributed by atoms with Crippen molar-refractivity contribution in [1.29, 1.82) is 0 Å². The Kier molecular flexibility index (Phi) is 3.90. The predicted molar refractivity (Wildman–Crippen MR) is 85.5 cm³/mol. The van der Waals surface area contributed by atoms with E-state index in [2.05, 4.69) is 20.9 Å². The minimum Gasteiger partial charge on any atom is -0.369 e. The Balaban J connectivity index is 1.88. The monoisotopic (exact) mass is 364 g/mol. The zero-order valence-corrected chi connectivity index (χ0v) is 13.8. The minimum atomic E-state index is -0.276. The van der Waals surface area contributed by atoms with Gasteiger partial charge in [0.2, 0.25) is 5.91 Å². The SMILES string of the molecule is Cc1nc2ccc(Br)cn2c1C(=O)N1CCC(C(N)=O)CC1. The van der Waals surface area contributed by atoms with Crippen LogP contribution in [-0.4, -0.2) is 39.2 Å². The van der Waals surface area contributed by atoms with Crippen LogP contribution in [0.15, 0.2) is 22.8 Å². The molecular weight excluding hydrogens is 348 g/mol. The molecule has 116 valence electrons. The summed E-state index contributed by atoms with van der Waals surface area (Å²) in [6.07, 6.45) is 3.10. The number of piperidine rings is 1. The van der Waals surface area contributed by atoms with Crippen LogP contribution >= 0.6 is 15.9 Å². The van der Waals surface area contributed by atoms with E-state index in [1.165, 1.54) is 0 Å². The Morgan fingerprint density at radius 2 is 2.00 bits per heavy atom. The molecule has 2 aromatic heterocycles. The Labute approximate surface area is 136 Å². The molecule has 0 unspecified atom stereocenters. The van der Waals surface area contributed by atoms with E-state index in [0.717, 1.165) is 10.1 Å². The number of halogens is 1. The van der Waals surface area contributed by atoms with Crippen LogP contribution in [0.2, 0.25) is 0 Å². The number of hydrogen-bond acceptors (Lipinski definition) is 3. The van der Waals surface area contributed by atoms with Gasteiger partial charge in [0.25, 0.3) is 5.91 Å². The fraction of sp³-hybridized carbons (Fsp3) is 0.400. The van der Waals surface area contributed by atoms with Crippen molar-refractivity contribution in [1.82, 2.24) is 14.3 Å². The number of imidazole rings is 1. The van der Waals surface area contributed by atoms with Crippen LogP contribution in [0, 0.1) is 12.8 Å². The third-order valence-corrected chi connectivity index (χ3v) is 4.61. The molecule has 3 rings (SSSR count). The Morgan fingerprint density at radius 3 is 2.64 bits per heavy atom. The van der Waals surface area contributed by atoms with Crippen LogP contribution in [0.1, 0.15) is 29.0 Å². The molecule has 7 heteroatoms. The maximum Gasteiger partial charge on any atom is 0.272 e. The second-order valence-corrected chi connectivity index (χ2v) is 6.51. The number of nitrogens with zero attached hydrogens (tertiary/aromatic N) is 3. The summed E-state index contributed by atoms with van der Waals surface area (Å²) in [6.45, 7) is 2.94. The van der Waals surface area contributed by atoms with Gasteiger partial charge in [0.1, 0.15) is 11.3 Å². The summed E-state index contributed by atoms with van der Waals surface area (Å²) in [4.78, 5) is 30.3. The summed E-state index contributed by atoms with van der Waals surface area (Å²) in [6, 6.07) is 3.77. The molecule has 1 aliphatic heterocycles. The van der Waals surface area contributed by atoms with Gasteiger partial charge in [0, 0.05) is 29.7 Å². The minimum absolute atomic E-state index is 0.0500. The number of carbonyl (C=O) groups is 2. The third kappa shape index (κ3) is 2.61. The fourth-order valence-electron chi connectivity index (χ4n) is 2.91. The van der Waals surface area contributed by atoms with E-state index in [-0.39, 0.29) is 17.7 Å². The van der Waals surface area contributed by atoms with Crippen LogP contribution < -0.4 is 5.73 Å². The summed E-state index contributed by atoms with van der Waals surface area (Å²) in [5.41, 5.74) is 7.37. The maximum absolute atomic E-state index is 12.8. The lowest BCUT2D eigenvalue weighted by atomic mass is 9.96. The standard InChI is InChI=1S/C15H17BrN4O2/c1-9-13(20-8-11(16)2-3-12(20)18-9)15(22)19-6-4-10(5-7-19)14(17)21/h2-3,8,10H,4-7H2,1H3,(H2,17,21). The maximum atomic E-state index is 12.8. The van der Waals surface area contributed by atoms with Gasteiger partial charge < -0.3 is 10.6 Å². The number of pyridine rings is 1. The van der Waals surface area contributed by atoms with Crippen LogP contribution in [0.5, 0.6) is 0 Å². The Hall–Kier alpha value is -1.89. The number of hydrogen-bond donors (Lipinski definition) is 1. The number of rotatable bonds is 2. The first kappa shape index (κ1) is 15.0. The average molecular weight is 365 g/mol. The highest BCUT2D eigenvalue weighted by molar-refractivity contribution is 9.10. The van der Waals surface area contributed by atoms with Crippen LogP contribution in [0.3, 0.4) is 0 Å². The van der Waals surface area contributed by atoms with Crippen molar-refractivity contribution in [2.24, 2.45) is 11.7 Å². The van der Waals surface area contributed by atoms with Gasteiger partial charge in [-0.05, 0) is 47.8 Å². The molecular formula is C15H17BrN4O2. The average Bonchev–Trinajstić information content (AvgIpc) is 2.82. The Morgan fingerprint density at radius 1 is 1.32 bits per heavy atom. The van der Waals surface area contributed by atoms with E-state index in [1.807, 2.05) is 29.7 Å². The normalized spacial score (nSPS) is 16.2. The van der Waals surface area contributed by atoms with E-state index < -0.39 is 0 Å². The van der Waals surface area contributed by atoms with Gasteiger partial charge in [-0.25, -0.2) is 4.98 Å². The molecule has 2 N–H and O–H groups in total. The number of amides is 2. The number of fused-ring (bicyclic) bond motifs is 1. The van der Waals surface area contributed by atoms with Gasteiger partial charge >= 0.3 is 0 Å². The smallest absolute Gasteiger partial charge is 0.272 e. The number of primary amides is 1. The van der Waals surface area contributed by atoms with Crippen molar-refractivity contribution in [3.63, 3.8) is 0 Å². The summed E-state index contributed by atoms with van der Waals surface area (Å²) in [7, 11) is 0. The summed E-state index contributed by atoms with van der Waals surface area (Å²) < 4.78 is 2.70. The predicted octanol–water partition coefficient (Wildman–Crippen LogP) is 1.74. The van der Waals surface area contributed by atoms with Crippen molar-refractivity contribution in [2.45, 2.75) is 19.8 Å². The summed E-state index contributed by atoms with van der Waals surface area (Å²) in [5, 5.41) is 0. The molecule has 1 saturated heterocycles. The molecule has 3 heterocycles. The zero-order valence-electron chi connectivity index (χ0n) is 12.3. The molecule has 0 spiro atoms. The quantitative estimate of drug-likeness (QED) is 0.880. The topological polar surface area (TPSA) is 80.7 Å². The lowest BCUT2D eigenvalue weighted by molar-refractivity contribution is -0.123. The second-order valence-electron chi connectivity index (χ2n) is 5.59. The van der Waals surface area contributed by atoms with Gasteiger partial charge in [-0.3, -0.25) is 14.0 Å². The van der Waals surface area contributed by atoms with Gasteiger partial charge in [0.15, 0.2) is 0 Å². The lowest BCUT2D eigenvalue weighted by Gasteiger charge is -2.30. The highest BCUT2D eigenvalue weighted by Gasteiger charge is 2.29. The largest absolute Gasteiger partial charge is 0.369 e. The van der Waals surface area contributed by atoms with Gasteiger partial charge in [-0.1, -0.05) is 0 Å². The molecule has 6 nitrogen and oxygen atoms in total. The lowest BCUT2D eigenvalue weighted by Crippen LogP contribution is -2.42. The molecule has 0 bridgehead atoms. The van der Waals surface area contributed by atoms with Gasteiger partial charge in [-0.15, -0.1) is 0 Å². The third-order valence-electron chi connectivity index (χ3n) is 4.14. The highest BCUT2D eigenvalue weighted by Crippen LogP contribution is 2.22. The highest BCUT2D eigenvalue weighted by atomic mass is 79.9. The second kappa shape index (κ2) is 5.72. The molecule has 0 aromatic carbocycles. The van der Waals surface area contributed by atoms with E-state index in [1.54, 1.807) is 4.90 Å². The van der Waals surface area contributed by atoms with Gasteiger partial charge in [0.05, 0.1) is 5.69 Å². The number of likely N-dealkylation sites (tertiary alicyclic amines) is 1. The fourth-order valence-corrected chi connectivity index (χ4v) is 3.25. The zero-order chi connectivity index (χ0) is 15.9. The number of aryl methyl sites for hydroxylation is 1. The molecule has 1 fully saturated rings. The van der Waals surface area contributed by atoms with Crippen LogP contribution in [0.25, 0.3) is 5.65 Å². The van der Waals surface area contributed by atoms with E-state index in [4.69, 9.17) is 5.73 Å². The number of carbonyl (C=O) groups excluding carboxylic acids is 2. The van der Waals surface area contributed by atoms with Crippen molar-refractivity contribution >= 4 is 33.4 Å². The molecule has 0 radical (unpaired) electrons. The Bertz CT molecular complexity index is 747. The summed E-state index contributed by atoms with van der Waals surface area (Å²) >= 11 is 3.42. The van der Waals surface area contributed by atoms with E-state index >= 15 is 0 Å². The van der Waals surface area contributed by atoms with Gasteiger partial charge in [-0.2, -0.15) is 0 Å².